The minimum Gasteiger partial charge on any atom is -0.469 e. The van der Waals surface area contributed by atoms with Gasteiger partial charge in [0, 0.05) is 6.04 Å². The van der Waals surface area contributed by atoms with Crippen molar-refractivity contribution in [1.29, 1.82) is 0 Å². The van der Waals surface area contributed by atoms with Crippen LogP contribution in [0.3, 0.4) is 0 Å². The molecule has 110 valence electrons. The first-order valence-electron chi connectivity index (χ1n) is 6.99. The maximum absolute atomic E-state index is 11.6. The summed E-state index contributed by atoms with van der Waals surface area (Å²) in [5, 5.41) is 0. The van der Waals surface area contributed by atoms with Crippen molar-refractivity contribution in [3.05, 3.63) is 0 Å². The van der Waals surface area contributed by atoms with E-state index in [1.54, 1.807) is 0 Å². The summed E-state index contributed by atoms with van der Waals surface area (Å²) in [6.07, 6.45) is 1.61. The van der Waals surface area contributed by atoms with E-state index in [9.17, 15) is 9.59 Å². The number of piperidine rings is 1. The van der Waals surface area contributed by atoms with Crippen LogP contribution in [0.5, 0.6) is 0 Å². The summed E-state index contributed by atoms with van der Waals surface area (Å²) in [7, 11) is 1.42. The van der Waals surface area contributed by atoms with Gasteiger partial charge in [0.2, 0.25) is 0 Å². The fourth-order valence-corrected chi connectivity index (χ4v) is 2.50. The van der Waals surface area contributed by atoms with Gasteiger partial charge in [0.15, 0.2) is 0 Å². The van der Waals surface area contributed by atoms with Gasteiger partial charge in [-0.1, -0.05) is 6.92 Å². The number of methoxy groups -OCH3 is 1. The highest BCUT2D eigenvalue weighted by Crippen LogP contribution is 2.23. The van der Waals surface area contributed by atoms with Crippen LogP contribution in [-0.4, -0.2) is 49.7 Å². The second-order valence-corrected chi connectivity index (χ2v) is 5.11. The number of hydrogen-bond acceptors (Lipinski definition) is 5. The summed E-state index contributed by atoms with van der Waals surface area (Å²) in [5.41, 5.74) is 0. The van der Waals surface area contributed by atoms with Gasteiger partial charge in [-0.15, -0.1) is 0 Å². The van der Waals surface area contributed by atoms with Crippen LogP contribution in [0.2, 0.25) is 0 Å². The maximum atomic E-state index is 11.6. The molecule has 0 aliphatic carbocycles. The van der Waals surface area contributed by atoms with Crippen molar-refractivity contribution in [2.24, 2.45) is 11.8 Å². The van der Waals surface area contributed by atoms with E-state index < -0.39 is 0 Å². The van der Waals surface area contributed by atoms with Gasteiger partial charge in [-0.05, 0) is 39.8 Å². The van der Waals surface area contributed by atoms with Gasteiger partial charge < -0.3 is 9.47 Å². The van der Waals surface area contributed by atoms with Crippen molar-refractivity contribution >= 4 is 11.9 Å². The molecule has 0 aromatic rings. The second-order valence-electron chi connectivity index (χ2n) is 5.11. The van der Waals surface area contributed by atoms with E-state index in [-0.39, 0.29) is 29.8 Å². The first-order valence-corrected chi connectivity index (χ1v) is 6.99. The molecule has 2 atom stereocenters. The van der Waals surface area contributed by atoms with Crippen LogP contribution in [0.4, 0.5) is 0 Å². The van der Waals surface area contributed by atoms with Gasteiger partial charge in [-0.2, -0.15) is 0 Å². The van der Waals surface area contributed by atoms with Gasteiger partial charge in [-0.3, -0.25) is 14.5 Å². The van der Waals surface area contributed by atoms with Crippen molar-refractivity contribution in [3.8, 4) is 0 Å². The lowest BCUT2D eigenvalue weighted by atomic mass is 9.93. The van der Waals surface area contributed by atoms with Gasteiger partial charge >= 0.3 is 11.9 Å². The molecule has 0 radical (unpaired) electrons. The van der Waals surface area contributed by atoms with Gasteiger partial charge in [0.25, 0.3) is 0 Å². The molecule has 0 spiro atoms. The molecule has 1 rings (SSSR count). The molecule has 0 aromatic heterocycles. The number of likely N-dealkylation sites (tertiary alicyclic amines) is 1. The van der Waals surface area contributed by atoms with Crippen molar-refractivity contribution in [2.45, 2.75) is 39.7 Å². The topological polar surface area (TPSA) is 55.8 Å². The zero-order valence-electron chi connectivity index (χ0n) is 12.3. The molecule has 19 heavy (non-hydrogen) atoms. The standard InChI is InChI=1S/C14H25NO4/c1-5-19-14(17)12-6-8-15(9-7-12)11(3)10(2)13(16)18-4/h10-12H,5-9H2,1-4H3. The van der Waals surface area contributed by atoms with Crippen LogP contribution < -0.4 is 0 Å². The molecular weight excluding hydrogens is 246 g/mol. The minimum atomic E-state index is -0.181. The first kappa shape index (κ1) is 16.0. The Balaban J connectivity index is 2.45. The van der Waals surface area contributed by atoms with E-state index in [1.807, 2.05) is 20.8 Å². The Morgan fingerprint density at radius 1 is 1.26 bits per heavy atom. The Kier molecular flexibility index (Phi) is 6.28. The molecule has 1 heterocycles. The van der Waals surface area contributed by atoms with E-state index in [0.717, 1.165) is 25.9 Å². The van der Waals surface area contributed by atoms with Crippen LogP contribution in [0, 0.1) is 11.8 Å². The Hall–Kier alpha value is -1.10. The number of carbonyl (C=O) groups is 2. The number of hydrogen-bond donors (Lipinski definition) is 0. The molecule has 0 amide bonds. The van der Waals surface area contributed by atoms with Crippen LogP contribution in [0.1, 0.15) is 33.6 Å². The Morgan fingerprint density at radius 2 is 1.84 bits per heavy atom. The molecule has 0 saturated carbocycles. The Labute approximate surface area is 115 Å². The fourth-order valence-electron chi connectivity index (χ4n) is 2.50. The first-order chi connectivity index (χ1) is 9.01. The summed E-state index contributed by atoms with van der Waals surface area (Å²) in [6, 6.07) is 0.135. The lowest BCUT2D eigenvalue weighted by Crippen LogP contribution is -2.46. The predicted octanol–water partition coefficient (Wildman–Crippen LogP) is 1.46. The molecule has 2 unspecified atom stereocenters. The van der Waals surface area contributed by atoms with Gasteiger partial charge in [0.05, 0.1) is 25.6 Å². The number of nitrogens with zero attached hydrogens (tertiary/aromatic N) is 1. The van der Waals surface area contributed by atoms with E-state index in [2.05, 4.69) is 4.90 Å². The molecule has 1 saturated heterocycles. The Bertz CT molecular complexity index is 311. The maximum Gasteiger partial charge on any atom is 0.309 e. The summed E-state index contributed by atoms with van der Waals surface area (Å²) in [4.78, 5) is 25.4. The zero-order valence-corrected chi connectivity index (χ0v) is 12.3. The van der Waals surface area contributed by atoms with Crippen LogP contribution in [0.15, 0.2) is 0 Å². The monoisotopic (exact) mass is 271 g/mol. The number of rotatable bonds is 5. The number of ether oxygens (including phenoxy) is 2. The molecular formula is C14H25NO4. The van der Waals surface area contributed by atoms with Crippen LogP contribution in [0.25, 0.3) is 0 Å². The molecule has 5 nitrogen and oxygen atoms in total. The highest BCUT2D eigenvalue weighted by Gasteiger charge is 2.32. The summed E-state index contributed by atoms with van der Waals surface area (Å²) in [6.45, 7) is 7.83. The summed E-state index contributed by atoms with van der Waals surface area (Å²) < 4.78 is 9.82. The minimum absolute atomic E-state index is 0.0110. The molecule has 0 N–H and O–H groups in total. The molecule has 1 aliphatic heterocycles. The zero-order chi connectivity index (χ0) is 14.4. The average Bonchev–Trinajstić information content (AvgIpc) is 2.45. The van der Waals surface area contributed by atoms with Crippen molar-refractivity contribution < 1.29 is 19.1 Å². The van der Waals surface area contributed by atoms with E-state index in [0.29, 0.717) is 6.61 Å². The van der Waals surface area contributed by atoms with Crippen LogP contribution >= 0.6 is 0 Å². The van der Waals surface area contributed by atoms with E-state index >= 15 is 0 Å². The second kappa shape index (κ2) is 7.48. The largest absolute Gasteiger partial charge is 0.469 e. The fraction of sp³-hybridized carbons (Fsp3) is 0.857. The van der Waals surface area contributed by atoms with Crippen molar-refractivity contribution in [2.75, 3.05) is 26.8 Å². The predicted molar refractivity (Wildman–Crippen MR) is 71.6 cm³/mol. The van der Waals surface area contributed by atoms with Gasteiger partial charge in [-0.25, -0.2) is 0 Å². The third-order valence-corrected chi connectivity index (χ3v) is 4.02. The van der Waals surface area contributed by atoms with Crippen molar-refractivity contribution in [1.82, 2.24) is 4.90 Å². The molecule has 0 aromatic carbocycles. The molecule has 1 aliphatic rings. The summed E-state index contributed by atoms with van der Waals surface area (Å²) >= 11 is 0. The van der Waals surface area contributed by atoms with Crippen LogP contribution in [-0.2, 0) is 19.1 Å². The SMILES string of the molecule is CCOC(=O)C1CCN(C(C)C(C)C(=O)OC)CC1. The lowest BCUT2D eigenvalue weighted by Gasteiger charge is -2.37. The molecule has 0 bridgehead atoms. The molecule has 5 heteroatoms. The lowest BCUT2D eigenvalue weighted by molar-refractivity contribution is -0.151. The average molecular weight is 271 g/mol. The normalized spacial score (nSPS) is 20.6. The molecule has 1 fully saturated rings. The third-order valence-electron chi connectivity index (χ3n) is 4.02. The highest BCUT2D eigenvalue weighted by molar-refractivity contribution is 5.73. The van der Waals surface area contributed by atoms with E-state index in [4.69, 9.17) is 9.47 Å². The summed E-state index contributed by atoms with van der Waals surface area (Å²) in [5.74, 6) is -0.406. The number of carbonyl (C=O) groups excluding carboxylic acids is 2. The van der Waals surface area contributed by atoms with Crippen molar-refractivity contribution in [3.63, 3.8) is 0 Å². The quantitative estimate of drug-likeness (QED) is 0.709. The number of esters is 2. The van der Waals surface area contributed by atoms with E-state index in [1.165, 1.54) is 7.11 Å². The smallest absolute Gasteiger partial charge is 0.309 e. The van der Waals surface area contributed by atoms with Gasteiger partial charge in [0.1, 0.15) is 0 Å². The highest BCUT2D eigenvalue weighted by atomic mass is 16.5. The third kappa shape index (κ3) is 4.20. The Morgan fingerprint density at radius 3 is 2.32 bits per heavy atom.